The number of aromatic amines is 1. The molecule has 2 N–H and O–H groups in total. The Hall–Kier alpha value is -3.04. The fourth-order valence-electron chi connectivity index (χ4n) is 2.85. The second-order valence-electron chi connectivity index (χ2n) is 6.42. The van der Waals surface area contributed by atoms with Crippen molar-refractivity contribution in [2.45, 2.75) is 11.8 Å². The Bertz CT molecular complexity index is 1240. The van der Waals surface area contributed by atoms with Crippen LogP contribution in [0, 0.1) is 6.92 Å². The van der Waals surface area contributed by atoms with Crippen molar-refractivity contribution in [3.05, 3.63) is 76.8 Å². The van der Waals surface area contributed by atoms with Crippen LogP contribution in [0.4, 0.5) is 5.69 Å². The Labute approximate surface area is 176 Å². The van der Waals surface area contributed by atoms with Crippen molar-refractivity contribution in [2.24, 2.45) is 0 Å². The molecule has 0 saturated carbocycles. The maximum atomic E-state index is 12.9. The third-order valence-corrected chi connectivity index (χ3v) is 6.24. The first-order valence-electron chi connectivity index (χ1n) is 8.66. The second kappa shape index (κ2) is 7.76. The van der Waals surface area contributed by atoms with Crippen molar-refractivity contribution in [1.82, 2.24) is 20.6 Å². The van der Waals surface area contributed by atoms with Gasteiger partial charge in [-0.15, -0.1) is 10.2 Å². The van der Waals surface area contributed by atoms with Crippen LogP contribution in [0.25, 0.3) is 22.5 Å². The number of anilines is 1. The van der Waals surface area contributed by atoms with E-state index in [0.717, 1.165) is 15.6 Å². The highest BCUT2D eigenvalue weighted by Crippen LogP contribution is 2.30. The molecule has 4 rings (SSSR count). The average Bonchev–Trinajstić information content (AvgIpc) is 3.23. The minimum Gasteiger partial charge on any atom is -0.279 e. The molecule has 0 bridgehead atoms. The number of nitrogens with zero attached hydrogens (tertiary/aromatic N) is 3. The molecule has 0 aliphatic heterocycles. The van der Waals surface area contributed by atoms with E-state index < -0.39 is 10.0 Å². The van der Waals surface area contributed by atoms with Crippen molar-refractivity contribution >= 4 is 31.6 Å². The molecule has 146 valence electrons. The highest BCUT2D eigenvalue weighted by atomic mass is 79.9. The molecule has 29 heavy (non-hydrogen) atoms. The van der Waals surface area contributed by atoms with E-state index in [1.54, 1.807) is 42.5 Å². The van der Waals surface area contributed by atoms with Crippen molar-refractivity contribution in [2.75, 3.05) is 4.72 Å². The number of aryl methyl sites for hydroxylation is 1. The minimum absolute atomic E-state index is 0.160. The van der Waals surface area contributed by atoms with Gasteiger partial charge in [-0.25, -0.2) is 8.42 Å². The summed E-state index contributed by atoms with van der Waals surface area (Å²) in [6.45, 7) is 2.02. The van der Waals surface area contributed by atoms with E-state index in [0.29, 0.717) is 17.1 Å². The number of sulfonamides is 1. The molecular weight excluding hydrogens is 454 g/mol. The molecule has 3 aromatic carbocycles. The molecule has 0 unspecified atom stereocenters. The largest absolute Gasteiger partial charge is 0.279 e. The number of aromatic nitrogens is 4. The summed E-state index contributed by atoms with van der Waals surface area (Å²) in [5, 5.41) is 13.8. The lowest BCUT2D eigenvalue weighted by molar-refractivity contribution is 0.601. The summed E-state index contributed by atoms with van der Waals surface area (Å²) in [6, 6.07) is 20.0. The van der Waals surface area contributed by atoms with E-state index in [4.69, 9.17) is 0 Å². The molecule has 4 aromatic rings. The standard InChI is InChI=1S/C20H16BrN5O2S/c1-13-2-4-14(5-3-13)15-6-9-17(10-7-15)29(27,28)24-19-12-16(21)8-11-18(19)20-22-25-26-23-20/h2-12,24H,1H3,(H,22,23,25,26). The van der Waals surface area contributed by atoms with Crippen LogP contribution < -0.4 is 4.72 Å². The van der Waals surface area contributed by atoms with E-state index >= 15 is 0 Å². The molecule has 1 aromatic heterocycles. The SMILES string of the molecule is Cc1ccc(-c2ccc(S(=O)(=O)Nc3cc(Br)ccc3-c3nn[nH]n3)cc2)cc1. The Balaban J connectivity index is 1.65. The normalized spacial score (nSPS) is 11.4. The number of hydrogen-bond donors (Lipinski definition) is 2. The van der Waals surface area contributed by atoms with E-state index in [-0.39, 0.29) is 4.90 Å². The van der Waals surface area contributed by atoms with Crippen molar-refractivity contribution in [1.29, 1.82) is 0 Å². The van der Waals surface area contributed by atoms with Crippen LogP contribution in [0.1, 0.15) is 5.56 Å². The number of rotatable bonds is 5. The van der Waals surface area contributed by atoms with Crippen LogP contribution >= 0.6 is 15.9 Å². The smallest absolute Gasteiger partial charge is 0.261 e. The van der Waals surface area contributed by atoms with Crippen LogP contribution in [0.5, 0.6) is 0 Å². The molecule has 0 atom stereocenters. The summed E-state index contributed by atoms with van der Waals surface area (Å²) in [6.07, 6.45) is 0. The minimum atomic E-state index is -3.81. The summed E-state index contributed by atoms with van der Waals surface area (Å²) in [7, 11) is -3.81. The Morgan fingerprint density at radius 1 is 0.931 bits per heavy atom. The molecule has 0 amide bonds. The molecule has 0 fully saturated rings. The van der Waals surface area contributed by atoms with E-state index in [1.165, 1.54) is 5.56 Å². The van der Waals surface area contributed by atoms with Gasteiger partial charge in [-0.2, -0.15) is 5.21 Å². The van der Waals surface area contributed by atoms with Crippen molar-refractivity contribution in [3.63, 3.8) is 0 Å². The van der Waals surface area contributed by atoms with Crippen LogP contribution in [-0.2, 0) is 10.0 Å². The molecule has 9 heteroatoms. The van der Waals surface area contributed by atoms with Gasteiger partial charge in [0.05, 0.1) is 10.6 Å². The van der Waals surface area contributed by atoms with Gasteiger partial charge in [0.2, 0.25) is 5.82 Å². The van der Waals surface area contributed by atoms with Crippen molar-refractivity contribution in [3.8, 4) is 22.5 Å². The van der Waals surface area contributed by atoms with Gasteiger partial charge >= 0.3 is 0 Å². The van der Waals surface area contributed by atoms with Crippen LogP contribution in [0.2, 0.25) is 0 Å². The highest BCUT2D eigenvalue weighted by Gasteiger charge is 2.18. The summed E-state index contributed by atoms with van der Waals surface area (Å²) < 4.78 is 29.2. The maximum Gasteiger partial charge on any atom is 0.261 e. The van der Waals surface area contributed by atoms with Crippen LogP contribution in [0.15, 0.2) is 76.1 Å². The van der Waals surface area contributed by atoms with Gasteiger partial charge in [-0.05, 0) is 53.6 Å². The zero-order chi connectivity index (χ0) is 20.4. The second-order valence-corrected chi connectivity index (χ2v) is 9.02. The highest BCUT2D eigenvalue weighted by molar-refractivity contribution is 9.10. The summed E-state index contributed by atoms with van der Waals surface area (Å²) in [5.74, 6) is 0.296. The van der Waals surface area contributed by atoms with Gasteiger partial charge in [-0.3, -0.25) is 4.72 Å². The summed E-state index contributed by atoms with van der Waals surface area (Å²) in [4.78, 5) is 0.160. The number of tetrazole rings is 1. The van der Waals surface area contributed by atoms with E-state index in [1.807, 2.05) is 31.2 Å². The third-order valence-electron chi connectivity index (χ3n) is 4.36. The van der Waals surface area contributed by atoms with E-state index in [2.05, 4.69) is 41.3 Å². The monoisotopic (exact) mass is 469 g/mol. The molecule has 1 heterocycles. The summed E-state index contributed by atoms with van der Waals surface area (Å²) >= 11 is 3.36. The molecule has 0 saturated heterocycles. The van der Waals surface area contributed by atoms with Gasteiger partial charge in [0, 0.05) is 10.0 Å². The van der Waals surface area contributed by atoms with Crippen molar-refractivity contribution < 1.29 is 8.42 Å². The Morgan fingerprint density at radius 2 is 1.59 bits per heavy atom. The number of H-pyrrole nitrogens is 1. The number of hydrogen-bond acceptors (Lipinski definition) is 5. The van der Waals surface area contributed by atoms with Gasteiger partial charge < -0.3 is 0 Å². The first-order chi connectivity index (χ1) is 13.9. The lowest BCUT2D eigenvalue weighted by Crippen LogP contribution is -2.13. The number of benzene rings is 3. The van der Waals surface area contributed by atoms with Crippen LogP contribution in [-0.4, -0.2) is 29.0 Å². The number of halogens is 1. The number of nitrogens with one attached hydrogen (secondary N) is 2. The third kappa shape index (κ3) is 4.20. The first kappa shape index (κ1) is 19.3. The predicted molar refractivity (Wildman–Crippen MR) is 115 cm³/mol. The molecular formula is C20H16BrN5O2S. The van der Waals surface area contributed by atoms with Crippen LogP contribution in [0.3, 0.4) is 0 Å². The average molecular weight is 470 g/mol. The summed E-state index contributed by atoms with van der Waals surface area (Å²) in [5.41, 5.74) is 4.01. The molecule has 0 radical (unpaired) electrons. The predicted octanol–water partition coefficient (Wildman–Crippen LogP) is 4.41. The molecule has 0 aliphatic carbocycles. The van der Waals surface area contributed by atoms with Gasteiger partial charge in [-0.1, -0.05) is 57.9 Å². The molecule has 7 nitrogen and oxygen atoms in total. The van der Waals surface area contributed by atoms with Gasteiger partial charge in [0.1, 0.15) is 0 Å². The zero-order valence-electron chi connectivity index (χ0n) is 15.3. The molecule has 0 aliphatic rings. The Morgan fingerprint density at radius 3 is 2.21 bits per heavy atom. The van der Waals surface area contributed by atoms with Gasteiger partial charge in [0.15, 0.2) is 0 Å². The first-order valence-corrected chi connectivity index (χ1v) is 10.9. The zero-order valence-corrected chi connectivity index (χ0v) is 17.7. The Kier molecular flexibility index (Phi) is 5.16. The lowest BCUT2D eigenvalue weighted by Gasteiger charge is -2.12. The van der Waals surface area contributed by atoms with E-state index in [9.17, 15) is 8.42 Å². The topological polar surface area (TPSA) is 101 Å². The molecule has 0 spiro atoms. The fraction of sp³-hybridized carbons (Fsp3) is 0.0500. The van der Waals surface area contributed by atoms with Gasteiger partial charge in [0.25, 0.3) is 10.0 Å². The lowest BCUT2D eigenvalue weighted by atomic mass is 10.0. The quantitative estimate of drug-likeness (QED) is 0.450. The maximum absolute atomic E-state index is 12.9. The fourth-order valence-corrected chi connectivity index (χ4v) is 4.28.